The number of nitriles is 1. The lowest BCUT2D eigenvalue weighted by Gasteiger charge is -2.06. The molecule has 11 heteroatoms. The fraction of sp³-hybridized carbons (Fsp3) is 0. The van der Waals surface area contributed by atoms with Crippen LogP contribution >= 0.6 is 0 Å². The number of nitro groups is 1. The Morgan fingerprint density at radius 3 is 2.33 bits per heavy atom. The van der Waals surface area contributed by atoms with E-state index in [-0.39, 0.29) is 34.3 Å². The monoisotopic (exact) mass is 361 g/mol. The maximum absolute atomic E-state index is 10.8. The number of nitrogens with zero attached hydrogens (tertiary/aromatic N) is 7. The summed E-state index contributed by atoms with van der Waals surface area (Å²) >= 11 is 0. The van der Waals surface area contributed by atoms with Gasteiger partial charge in [-0.15, -0.1) is 10.2 Å². The Labute approximate surface area is 152 Å². The second-order valence-electron chi connectivity index (χ2n) is 5.17. The number of aromatic nitrogens is 3. The number of azo groups is 1. The third kappa shape index (κ3) is 3.64. The number of nitrogens with two attached hydrogens (primary N) is 2. The molecule has 27 heavy (non-hydrogen) atoms. The van der Waals surface area contributed by atoms with Crippen LogP contribution in [0.5, 0.6) is 0 Å². The van der Waals surface area contributed by atoms with Crippen LogP contribution in [-0.4, -0.2) is 19.9 Å². The van der Waals surface area contributed by atoms with Crippen molar-refractivity contribution < 1.29 is 4.92 Å². The van der Waals surface area contributed by atoms with E-state index in [9.17, 15) is 10.1 Å². The number of pyridine rings is 1. The summed E-state index contributed by atoms with van der Waals surface area (Å²) in [5.41, 5.74) is 12.4. The minimum Gasteiger partial charge on any atom is -0.382 e. The fourth-order valence-electron chi connectivity index (χ4n) is 2.14. The summed E-state index contributed by atoms with van der Waals surface area (Å²) < 4.78 is 0. The summed E-state index contributed by atoms with van der Waals surface area (Å²) in [6.45, 7) is 0. The predicted molar refractivity (Wildman–Crippen MR) is 96.1 cm³/mol. The first-order valence-corrected chi connectivity index (χ1v) is 7.43. The number of hydrogen-bond donors (Lipinski definition) is 2. The minimum atomic E-state index is -0.608. The standard InChI is InChI=1S/C16H11N9O2/c17-8-10-7-11(25(26)27)1-2-12(10)23-24-13-14(18)21-16(22-15(13)19)9-3-5-20-6-4-9/h1-7H,(H4,18,19,21,22)/b24-23+. The van der Waals surface area contributed by atoms with E-state index in [2.05, 4.69) is 25.2 Å². The molecule has 4 N–H and O–H groups in total. The van der Waals surface area contributed by atoms with Crippen LogP contribution in [0.2, 0.25) is 0 Å². The van der Waals surface area contributed by atoms with Crippen molar-refractivity contribution in [3.8, 4) is 17.5 Å². The summed E-state index contributed by atoms with van der Waals surface area (Å²) in [5.74, 6) is 0.302. The summed E-state index contributed by atoms with van der Waals surface area (Å²) in [5, 5.41) is 27.7. The molecule has 3 rings (SSSR count). The zero-order valence-corrected chi connectivity index (χ0v) is 13.6. The second-order valence-corrected chi connectivity index (χ2v) is 5.17. The first-order chi connectivity index (χ1) is 13.0. The highest BCUT2D eigenvalue weighted by atomic mass is 16.6. The van der Waals surface area contributed by atoms with Crippen molar-refractivity contribution in [3.63, 3.8) is 0 Å². The Hall–Kier alpha value is -4.46. The van der Waals surface area contributed by atoms with E-state index in [0.717, 1.165) is 6.07 Å². The average molecular weight is 361 g/mol. The molecule has 0 spiro atoms. The normalized spacial score (nSPS) is 10.6. The largest absolute Gasteiger partial charge is 0.382 e. The van der Waals surface area contributed by atoms with Gasteiger partial charge < -0.3 is 11.5 Å². The van der Waals surface area contributed by atoms with E-state index in [1.54, 1.807) is 24.5 Å². The Kier molecular flexibility index (Phi) is 4.63. The number of nitro benzene ring substituents is 1. The van der Waals surface area contributed by atoms with Gasteiger partial charge in [0.25, 0.3) is 5.69 Å². The van der Waals surface area contributed by atoms with Crippen LogP contribution in [0.25, 0.3) is 11.4 Å². The molecular weight excluding hydrogens is 350 g/mol. The molecule has 2 aromatic heterocycles. The van der Waals surface area contributed by atoms with Gasteiger partial charge in [-0.05, 0) is 18.2 Å². The molecule has 0 aliphatic carbocycles. The van der Waals surface area contributed by atoms with Crippen molar-refractivity contribution in [1.82, 2.24) is 15.0 Å². The Balaban J connectivity index is 1.97. The Bertz CT molecular complexity index is 1070. The highest BCUT2D eigenvalue weighted by Gasteiger charge is 2.13. The van der Waals surface area contributed by atoms with Crippen molar-refractivity contribution in [1.29, 1.82) is 5.26 Å². The van der Waals surface area contributed by atoms with E-state index < -0.39 is 4.92 Å². The first kappa shape index (κ1) is 17.4. The number of nitrogen functional groups attached to an aromatic ring is 2. The molecule has 3 aromatic rings. The Morgan fingerprint density at radius 2 is 1.74 bits per heavy atom. The predicted octanol–water partition coefficient (Wildman–Crippen LogP) is 2.90. The van der Waals surface area contributed by atoms with Gasteiger partial charge in [0.1, 0.15) is 11.8 Å². The lowest BCUT2D eigenvalue weighted by molar-refractivity contribution is -0.384. The van der Waals surface area contributed by atoms with Crippen LogP contribution in [-0.2, 0) is 0 Å². The van der Waals surface area contributed by atoms with E-state index in [4.69, 9.17) is 16.7 Å². The molecule has 1 aromatic carbocycles. The van der Waals surface area contributed by atoms with Crippen molar-refractivity contribution >= 4 is 28.7 Å². The molecule has 0 fully saturated rings. The number of benzene rings is 1. The topological polar surface area (TPSA) is 182 Å². The zero-order valence-electron chi connectivity index (χ0n) is 13.6. The molecule has 132 valence electrons. The van der Waals surface area contributed by atoms with E-state index in [1.807, 2.05) is 6.07 Å². The van der Waals surface area contributed by atoms with E-state index in [1.165, 1.54) is 12.1 Å². The van der Waals surface area contributed by atoms with Crippen LogP contribution < -0.4 is 11.5 Å². The average Bonchev–Trinajstić information content (AvgIpc) is 2.67. The van der Waals surface area contributed by atoms with Gasteiger partial charge in [-0.2, -0.15) is 5.26 Å². The fourth-order valence-corrected chi connectivity index (χ4v) is 2.14. The first-order valence-electron chi connectivity index (χ1n) is 7.43. The SMILES string of the molecule is N#Cc1cc([N+](=O)[O-])ccc1/N=N/c1c(N)nc(-c2ccncc2)nc1N. The van der Waals surface area contributed by atoms with Crippen molar-refractivity contribution in [3.05, 3.63) is 58.4 Å². The van der Waals surface area contributed by atoms with Gasteiger partial charge in [-0.1, -0.05) is 0 Å². The van der Waals surface area contributed by atoms with Crippen LogP contribution in [0.3, 0.4) is 0 Å². The summed E-state index contributed by atoms with van der Waals surface area (Å²) in [4.78, 5) is 22.4. The smallest absolute Gasteiger partial charge is 0.270 e. The summed E-state index contributed by atoms with van der Waals surface area (Å²) in [7, 11) is 0. The number of non-ortho nitro benzene ring substituents is 1. The maximum Gasteiger partial charge on any atom is 0.270 e. The third-order valence-corrected chi connectivity index (χ3v) is 3.45. The molecule has 0 atom stereocenters. The third-order valence-electron chi connectivity index (χ3n) is 3.45. The van der Waals surface area contributed by atoms with Gasteiger partial charge >= 0.3 is 0 Å². The second kappa shape index (κ2) is 7.19. The molecule has 0 aliphatic rings. The highest BCUT2D eigenvalue weighted by molar-refractivity contribution is 5.73. The molecule has 11 nitrogen and oxygen atoms in total. The number of hydrogen-bond acceptors (Lipinski definition) is 10. The van der Waals surface area contributed by atoms with E-state index >= 15 is 0 Å². The van der Waals surface area contributed by atoms with Crippen molar-refractivity contribution in [2.45, 2.75) is 0 Å². The molecule has 0 bridgehead atoms. The van der Waals surface area contributed by atoms with Gasteiger partial charge in [0, 0.05) is 30.1 Å². The zero-order chi connectivity index (χ0) is 19.4. The Morgan fingerprint density at radius 1 is 1.07 bits per heavy atom. The van der Waals surface area contributed by atoms with Crippen molar-refractivity contribution in [2.75, 3.05) is 11.5 Å². The highest BCUT2D eigenvalue weighted by Crippen LogP contribution is 2.32. The van der Waals surface area contributed by atoms with Gasteiger partial charge in [-0.3, -0.25) is 15.1 Å². The molecule has 2 heterocycles. The van der Waals surface area contributed by atoms with Gasteiger partial charge in [-0.25, -0.2) is 9.97 Å². The molecule has 0 aliphatic heterocycles. The van der Waals surface area contributed by atoms with Crippen LogP contribution in [0.15, 0.2) is 53.0 Å². The van der Waals surface area contributed by atoms with Crippen LogP contribution in [0, 0.1) is 21.4 Å². The van der Waals surface area contributed by atoms with Gasteiger partial charge in [0.05, 0.1) is 10.5 Å². The molecule has 0 amide bonds. The summed E-state index contributed by atoms with van der Waals surface area (Å²) in [6, 6.07) is 8.85. The molecular formula is C16H11N9O2. The number of anilines is 2. The lowest BCUT2D eigenvalue weighted by atomic mass is 10.2. The lowest BCUT2D eigenvalue weighted by Crippen LogP contribution is -2.01. The van der Waals surface area contributed by atoms with Crippen LogP contribution in [0.4, 0.5) is 28.7 Å². The quantitative estimate of drug-likeness (QED) is 0.403. The van der Waals surface area contributed by atoms with Crippen molar-refractivity contribution in [2.24, 2.45) is 10.2 Å². The van der Waals surface area contributed by atoms with Gasteiger partial charge in [0.15, 0.2) is 23.1 Å². The summed E-state index contributed by atoms with van der Waals surface area (Å²) in [6.07, 6.45) is 3.16. The number of rotatable bonds is 4. The maximum atomic E-state index is 10.8. The molecule has 0 unspecified atom stereocenters. The van der Waals surface area contributed by atoms with Crippen LogP contribution in [0.1, 0.15) is 5.56 Å². The minimum absolute atomic E-state index is 0.00141. The molecule has 0 saturated heterocycles. The molecule has 0 radical (unpaired) electrons. The van der Waals surface area contributed by atoms with E-state index in [0.29, 0.717) is 11.4 Å². The van der Waals surface area contributed by atoms with Gasteiger partial charge in [0.2, 0.25) is 0 Å². The molecule has 0 saturated carbocycles.